The summed E-state index contributed by atoms with van der Waals surface area (Å²) < 4.78 is 127. The Morgan fingerprint density at radius 1 is 0.895 bits per heavy atom. The summed E-state index contributed by atoms with van der Waals surface area (Å²) in [5, 5.41) is 10.2. The van der Waals surface area contributed by atoms with Gasteiger partial charge in [-0.05, 0) is 60.9 Å². The third-order valence-electron chi connectivity index (χ3n) is 6.05. The van der Waals surface area contributed by atoms with Crippen LogP contribution in [-0.4, -0.2) is 30.5 Å². The number of nitrogens with zero attached hydrogens (tertiary/aromatic N) is 1. The molecule has 0 saturated carbocycles. The van der Waals surface area contributed by atoms with E-state index in [9.17, 15) is 49.4 Å². The zero-order valence-electron chi connectivity index (χ0n) is 19.9. The molecule has 38 heavy (non-hydrogen) atoms. The van der Waals surface area contributed by atoms with E-state index < -0.39 is 65.4 Å². The normalized spacial score (nSPS) is 17.1. The number of amides is 1. The van der Waals surface area contributed by atoms with E-state index in [1.54, 1.807) is 6.92 Å². The molecule has 0 bridgehead atoms. The Hall–Kier alpha value is -3.22. The number of anilines is 1. The highest BCUT2D eigenvalue weighted by atomic mass is 19.4. The molecule has 2 aromatic rings. The topological polar surface area (TPSA) is 49.8 Å². The first-order valence-electron chi connectivity index (χ1n) is 11.3. The van der Waals surface area contributed by atoms with Crippen molar-refractivity contribution >= 4 is 17.4 Å². The van der Waals surface area contributed by atoms with Gasteiger partial charge >= 0.3 is 24.6 Å². The summed E-state index contributed by atoms with van der Waals surface area (Å²) in [4.78, 5) is 13.8. The molecule has 1 amide bonds. The Bertz CT molecular complexity index is 1180. The number of aliphatic hydroxyl groups excluding tert-OH is 1. The van der Waals surface area contributed by atoms with Crippen LogP contribution in [0.1, 0.15) is 54.0 Å². The van der Waals surface area contributed by atoms with Crippen LogP contribution in [0.15, 0.2) is 42.5 Å². The fraction of sp³-hybridized carbons (Fsp3) is 0.400. The van der Waals surface area contributed by atoms with Crippen LogP contribution in [0.25, 0.3) is 5.57 Å². The highest BCUT2D eigenvalue weighted by Gasteiger charge is 2.40. The molecule has 1 unspecified atom stereocenters. The van der Waals surface area contributed by atoms with Gasteiger partial charge in [0.25, 0.3) is 0 Å². The lowest BCUT2D eigenvalue weighted by Crippen LogP contribution is -2.42. The third kappa shape index (κ3) is 5.92. The number of aliphatic hydroxyl groups is 1. The van der Waals surface area contributed by atoms with Crippen LogP contribution in [0.4, 0.5) is 50.0 Å². The third-order valence-corrected chi connectivity index (χ3v) is 6.05. The summed E-state index contributed by atoms with van der Waals surface area (Å²) in [6.07, 6.45) is -14.7. The minimum absolute atomic E-state index is 0.0674. The molecule has 208 valence electrons. The Morgan fingerprint density at radius 3 is 1.89 bits per heavy atom. The fourth-order valence-electron chi connectivity index (χ4n) is 4.30. The van der Waals surface area contributed by atoms with E-state index in [0.717, 1.165) is 11.0 Å². The summed E-state index contributed by atoms with van der Waals surface area (Å²) in [6.45, 7) is 2.02. The molecular formula is C25H22F9NO3. The average molecular weight is 555 g/mol. The van der Waals surface area contributed by atoms with Gasteiger partial charge in [0.2, 0.25) is 0 Å². The smallest absolute Gasteiger partial charge is 0.416 e. The van der Waals surface area contributed by atoms with Crippen LogP contribution >= 0.6 is 0 Å². The van der Waals surface area contributed by atoms with Crippen molar-refractivity contribution in [1.82, 2.24) is 0 Å². The predicted octanol–water partition coefficient (Wildman–Crippen LogP) is 7.66. The van der Waals surface area contributed by atoms with Crippen LogP contribution in [0.5, 0.6) is 0 Å². The van der Waals surface area contributed by atoms with E-state index in [2.05, 4.69) is 0 Å². The Morgan fingerprint density at radius 2 is 1.45 bits per heavy atom. The number of fused-ring (bicyclic) bond motifs is 1. The van der Waals surface area contributed by atoms with Gasteiger partial charge in [0.15, 0.2) is 0 Å². The van der Waals surface area contributed by atoms with Gasteiger partial charge < -0.3 is 9.84 Å². The van der Waals surface area contributed by atoms with Crippen molar-refractivity contribution < 1.29 is 54.2 Å². The first-order chi connectivity index (χ1) is 17.5. The molecule has 0 fully saturated rings. The number of carbonyl (C=O) groups is 1. The van der Waals surface area contributed by atoms with Crippen LogP contribution in [0, 0.1) is 0 Å². The molecule has 0 saturated heterocycles. The number of rotatable bonds is 5. The Balaban J connectivity index is 2.31. The summed E-state index contributed by atoms with van der Waals surface area (Å²) >= 11 is 0. The number of benzene rings is 2. The summed E-state index contributed by atoms with van der Waals surface area (Å²) in [7, 11) is 0. The van der Waals surface area contributed by atoms with Crippen molar-refractivity contribution in [1.29, 1.82) is 0 Å². The molecule has 3 rings (SSSR count). The van der Waals surface area contributed by atoms with Gasteiger partial charge in [0.1, 0.15) is 0 Å². The largest absolute Gasteiger partial charge is 0.449 e. The standard InChI is InChI=1S/C25H22F9NO3/c1-3-17-11-18(19-10-14(23(26,27)28)5-6-21(19)35(17)22(37)38-4-2)20(12-36)13-7-15(24(29,30)31)9-16(8-13)25(32,33)34/h5-11,17,20,36H,3-4,12H2,1-2H3/t17-,20?/m1/s1. The van der Waals surface area contributed by atoms with Gasteiger partial charge in [-0.25, -0.2) is 4.79 Å². The summed E-state index contributed by atoms with van der Waals surface area (Å²) in [5.74, 6) is -1.58. The van der Waals surface area contributed by atoms with Crippen LogP contribution in [-0.2, 0) is 23.3 Å². The maximum atomic E-state index is 13.6. The van der Waals surface area contributed by atoms with Crippen molar-refractivity contribution in [2.24, 2.45) is 0 Å². The number of ether oxygens (including phenoxy) is 1. The highest BCUT2D eigenvalue weighted by Crippen LogP contribution is 2.46. The van der Waals surface area contributed by atoms with Gasteiger partial charge in [-0.15, -0.1) is 0 Å². The lowest BCUT2D eigenvalue weighted by molar-refractivity contribution is -0.143. The lowest BCUT2D eigenvalue weighted by Gasteiger charge is -2.37. The maximum Gasteiger partial charge on any atom is 0.416 e. The van der Waals surface area contributed by atoms with Gasteiger partial charge in [0, 0.05) is 11.5 Å². The first kappa shape index (κ1) is 29.3. The molecule has 1 aliphatic heterocycles. The molecule has 2 atom stereocenters. The second-order valence-corrected chi connectivity index (χ2v) is 8.47. The van der Waals surface area contributed by atoms with Crippen molar-refractivity contribution in [2.45, 2.75) is 50.8 Å². The summed E-state index contributed by atoms with van der Waals surface area (Å²) in [5.41, 5.74) is -5.59. The molecule has 1 N–H and O–H groups in total. The molecule has 13 heteroatoms. The van der Waals surface area contributed by atoms with E-state index in [0.29, 0.717) is 24.3 Å². The molecule has 1 aliphatic rings. The molecule has 0 aliphatic carbocycles. The van der Waals surface area contributed by atoms with Gasteiger partial charge in [-0.1, -0.05) is 13.0 Å². The quantitative estimate of drug-likeness (QED) is 0.386. The fourth-order valence-corrected chi connectivity index (χ4v) is 4.30. The summed E-state index contributed by atoms with van der Waals surface area (Å²) in [6, 6.07) is 2.19. The zero-order chi connectivity index (χ0) is 28.6. The van der Waals surface area contributed by atoms with Crippen LogP contribution in [0.2, 0.25) is 0 Å². The van der Waals surface area contributed by atoms with Crippen molar-refractivity contribution in [3.8, 4) is 0 Å². The Labute approximate surface area is 211 Å². The number of halogens is 9. The molecular weight excluding hydrogens is 533 g/mol. The molecule has 0 spiro atoms. The minimum atomic E-state index is -5.18. The highest BCUT2D eigenvalue weighted by molar-refractivity contribution is 5.97. The zero-order valence-corrected chi connectivity index (χ0v) is 19.9. The van der Waals surface area contributed by atoms with E-state index in [-0.39, 0.29) is 35.9 Å². The Kier molecular flexibility index (Phi) is 8.11. The second kappa shape index (κ2) is 10.5. The van der Waals surface area contributed by atoms with E-state index in [1.165, 1.54) is 13.0 Å². The van der Waals surface area contributed by atoms with Crippen LogP contribution < -0.4 is 4.90 Å². The van der Waals surface area contributed by atoms with Gasteiger partial charge in [-0.3, -0.25) is 4.90 Å². The van der Waals surface area contributed by atoms with Crippen molar-refractivity contribution in [2.75, 3.05) is 18.1 Å². The lowest BCUT2D eigenvalue weighted by atomic mass is 9.81. The number of hydrogen-bond acceptors (Lipinski definition) is 3. The van der Waals surface area contributed by atoms with Crippen molar-refractivity contribution in [3.63, 3.8) is 0 Å². The van der Waals surface area contributed by atoms with E-state index >= 15 is 0 Å². The van der Waals surface area contributed by atoms with E-state index in [1.807, 2.05) is 0 Å². The molecule has 0 aromatic heterocycles. The van der Waals surface area contributed by atoms with E-state index in [4.69, 9.17) is 4.74 Å². The number of carbonyl (C=O) groups excluding carboxylic acids is 1. The average Bonchev–Trinajstić information content (AvgIpc) is 2.82. The maximum absolute atomic E-state index is 13.6. The second-order valence-electron chi connectivity index (χ2n) is 8.47. The van der Waals surface area contributed by atoms with Crippen molar-refractivity contribution in [3.05, 3.63) is 70.3 Å². The number of alkyl halides is 9. The molecule has 0 radical (unpaired) electrons. The molecule has 4 nitrogen and oxygen atoms in total. The molecule has 2 aromatic carbocycles. The van der Waals surface area contributed by atoms with Crippen LogP contribution in [0.3, 0.4) is 0 Å². The molecule has 1 heterocycles. The first-order valence-corrected chi connectivity index (χ1v) is 11.3. The monoisotopic (exact) mass is 555 g/mol. The SMILES string of the molecule is CCOC(=O)N1c2ccc(C(F)(F)F)cc2C(C(CO)c2cc(C(F)(F)F)cc(C(F)(F)F)c2)=C[C@H]1CC. The van der Waals surface area contributed by atoms with Gasteiger partial charge in [-0.2, -0.15) is 39.5 Å². The number of hydrogen-bond donors (Lipinski definition) is 1. The van der Waals surface area contributed by atoms with Gasteiger partial charge in [0.05, 0.1) is 41.6 Å². The minimum Gasteiger partial charge on any atom is -0.449 e. The predicted molar refractivity (Wildman–Crippen MR) is 119 cm³/mol.